The highest BCUT2D eigenvalue weighted by Crippen LogP contribution is 2.20. The molecule has 0 spiro atoms. The lowest BCUT2D eigenvalue weighted by atomic mass is 9.92. The maximum absolute atomic E-state index is 5.57. The van der Waals surface area contributed by atoms with Gasteiger partial charge in [-0.3, -0.25) is 11.3 Å². The van der Waals surface area contributed by atoms with Gasteiger partial charge in [0, 0.05) is 32.5 Å². The van der Waals surface area contributed by atoms with Crippen LogP contribution in [0.2, 0.25) is 0 Å². The lowest BCUT2D eigenvalue weighted by Gasteiger charge is -2.26. The van der Waals surface area contributed by atoms with Crippen LogP contribution in [0.4, 0.5) is 0 Å². The van der Waals surface area contributed by atoms with Crippen molar-refractivity contribution in [2.75, 3.05) is 26.4 Å². The molecule has 3 N–H and O–H groups in total. The third-order valence-electron chi connectivity index (χ3n) is 3.15. The number of rotatable bonds is 8. The highest BCUT2D eigenvalue weighted by Gasteiger charge is 2.18. The fourth-order valence-corrected chi connectivity index (χ4v) is 2.13. The first-order valence-corrected chi connectivity index (χ1v) is 6.48. The third-order valence-corrected chi connectivity index (χ3v) is 3.15. The summed E-state index contributed by atoms with van der Waals surface area (Å²) in [6.07, 6.45) is 5.59. The molecule has 96 valence electrons. The molecule has 0 aromatic rings. The number of hydrazine groups is 1. The second-order valence-corrected chi connectivity index (χ2v) is 4.56. The Morgan fingerprint density at radius 2 is 2.12 bits per heavy atom. The first kappa shape index (κ1) is 13.9. The summed E-state index contributed by atoms with van der Waals surface area (Å²) in [5, 5.41) is 0. The Hall–Kier alpha value is -0.160. The van der Waals surface area contributed by atoms with Gasteiger partial charge in [-0.05, 0) is 38.0 Å². The van der Waals surface area contributed by atoms with Crippen molar-refractivity contribution in [3.05, 3.63) is 0 Å². The van der Waals surface area contributed by atoms with Gasteiger partial charge in [0.15, 0.2) is 0 Å². The fourth-order valence-electron chi connectivity index (χ4n) is 2.13. The van der Waals surface area contributed by atoms with Crippen molar-refractivity contribution in [1.82, 2.24) is 5.43 Å². The SMILES string of the molecule is CCCOCCC(CC1CCOCC1)NN. The van der Waals surface area contributed by atoms with Gasteiger partial charge in [-0.2, -0.15) is 0 Å². The molecule has 1 aliphatic rings. The highest BCUT2D eigenvalue weighted by molar-refractivity contribution is 4.72. The van der Waals surface area contributed by atoms with Crippen molar-refractivity contribution >= 4 is 0 Å². The normalized spacial score (nSPS) is 19.9. The van der Waals surface area contributed by atoms with Crippen molar-refractivity contribution in [2.45, 2.75) is 45.1 Å². The predicted molar refractivity (Wildman–Crippen MR) is 65.0 cm³/mol. The van der Waals surface area contributed by atoms with Crippen LogP contribution in [0.1, 0.15) is 39.0 Å². The largest absolute Gasteiger partial charge is 0.381 e. The molecule has 1 atom stereocenters. The second kappa shape index (κ2) is 8.93. The number of hydrogen-bond acceptors (Lipinski definition) is 4. The van der Waals surface area contributed by atoms with Gasteiger partial charge in [-0.25, -0.2) is 0 Å². The van der Waals surface area contributed by atoms with Gasteiger partial charge in [-0.1, -0.05) is 6.92 Å². The summed E-state index contributed by atoms with van der Waals surface area (Å²) in [6.45, 7) is 5.61. The quantitative estimate of drug-likeness (QED) is 0.376. The zero-order chi connectivity index (χ0) is 11.6. The van der Waals surface area contributed by atoms with Crippen molar-refractivity contribution in [1.29, 1.82) is 0 Å². The van der Waals surface area contributed by atoms with Gasteiger partial charge in [-0.15, -0.1) is 0 Å². The van der Waals surface area contributed by atoms with E-state index in [9.17, 15) is 0 Å². The Balaban J connectivity index is 2.09. The molecule has 1 saturated heterocycles. The zero-order valence-electron chi connectivity index (χ0n) is 10.4. The summed E-state index contributed by atoms with van der Waals surface area (Å²) in [5.41, 5.74) is 2.91. The van der Waals surface area contributed by atoms with Gasteiger partial charge >= 0.3 is 0 Å². The lowest BCUT2D eigenvalue weighted by molar-refractivity contribution is 0.0576. The molecular formula is C12H26N2O2. The van der Waals surface area contributed by atoms with E-state index in [4.69, 9.17) is 15.3 Å². The van der Waals surface area contributed by atoms with Gasteiger partial charge in [0.1, 0.15) is 0 Å². The molecule has 1 unspecified atom stereocenters. The van der Waals surface area contributed by atoms with Crippen LogP contribution < -0.4 is 11.3 Å². The molecule has 0 aliphatic carbocycles. The van der Waals surface area contributed by atoms with E-state index in [1.54, 1.807) is 0 Å². The first-order valence-electron chi connectivity index (χ1n) is 6.48. The minimum atomic E-state index is 0.389. The number of ether oxygens (including phenoxy) is 2. The summed E-state index contributed by atoms with van der Waals surface area (Å²) in [4.78, 5) is 0. The van der Waals surface area contributed by atoms with Crippen LogP contribution in [0, 0.1) is 5.92 Å². The first-order chi connectivity index (χ1) is 7.86. The smallest absolute Gasteiger partial charge is 0.0481 e. The van der Waals surface area contributed by atoms with Gasteiger partial charge < -0.3 is 9.47 Å². The average molecular weight is 230 g/mol. The van der Waals surface area contributed by atoms with Crippen LogP contribution in [-0.4, -0.2) is 32.5 Å². The fraction of sp³-hybridized carbons (Fsp3) is 1.00. The maximum Gasteiger partial charge on any atom is 0.0481 e. The van der Waals surface area contributed by atoms with E-state index in [1.807, 2.05) is 0 Å². The van der Waals surface area contributed by atoms with Crippen LogP contribution in [-0.2, 0) is 9.47 Å². The van der Waals surface area contributed by atoms with Crippen LogP contribution in [0.3, 0.4) is 0 Å². The van der Waals surface area contributed by atoms with Crippen LogP contribution in [0.5, 0.6) is 0 Å². The Morgan fingerprint density at radius 3 is 2.75 bits per heavy atom. The van der Waals surface area contributed by atoms with Crippen molar-refractivity contribution in [3.63, 3.8) is 0 Å². The molecule has 0 aromatic heterocycles. The van der Waals surface area contributed by atoms with Crippen molar-refractivity contribution < 1.29 is 9.47 Å². The molecule has 4 heteroatoms. The van der Waals surface area contributed by atoms with E-state index >= 15 is 0 Å². The van der Waals surface area contributed by atoms with Gasteiger partial charge in [0.25, 0.3) is 0 Å². The second-order valence-electron chi connectivity index (χ2n) is 4.56. The third kappa shape index (κ3) is 5.80. The van der Waals surface area contributed by atoms with Crippen LogP contribution in [0.15, 0.2) is 0 Å². The molecule has 4 nitrogen and oxygen atoms in total. The molecule has 0 bridgehead atoms. The molecule has 0 saturated carbocycles. The van der Waals surface area contributed by atoms with Crippen LogP contribution >= 0.6 is 0 Å². The number of hydrogen-bond donors (Lipinski definition) is 2. The topological polar surface area (TPSA) is 56.5 Å². The molecule has 1 rings (SSSR count). The van der Waals surface area contributed by atoms with E-state index in [0.29, 0.717) is 6.04 Å². The Morgan fingerprint density at radius 1 is 1.38 bits per heavy atom. The zero-order valence-corrected chi connectivity index (χ0v) is 10.4. The van der Waals surface area contributed by atoms with E-state index in [0.717, 1.165) is 51.6 Å². The molecule has 0 radical (unpaired) electrons. The number of nitrogens with one attached hydrogen (secondary N) is 1. The maximum atomic E-state index is 5.57. The lowest BCUT2D eigenvalue weighted by Crippen LogP contribution is -2.38. The van der Waals surface area contributed by atoms with Crippen molar-refractivity contribution in [2.24, 2.45) is 11.8 Å². The summed E-state index contributed by atoms with van der Waals surface area (Å²) in [5.74, 6) is 6.33. The van der Waals surface area contributed by atoms with Gasteiger partial charge in [0.2, 0.25) is 0 Å². The van der Waals surface area contributed by atoms with E-state index in [-0.39, 0.29) is 0 Å². The molecule has 1 fully saturated rings. The molecule has 0 aromatic carbocycles. The van der Waals surface area contributed by atoms with Crippen LogP contribution in [0.25, 0.3) is 0 Å². The van der Waals surface area contributed by atoms with Gasteiger partial charge in [0.05, 0.1) is 0 Å². The number of nitrogens with two attached hydrogens (primary N) is 1. The molecule has 1 aliphatic heterocycles. The summed E-state index contributed by atoms with van der Waals surface area (Å²) in [7, 11) is 0. The minimum absolute atomic E-state index is 0.389. The summed E-state index contributed by atoms with van der Waals surface area (Å²) in [6, 6.07) is 0.389. The van der Waals surface area contributed by atoms with E-state index in [2.05, 4.69) is 12.3 Å². The highest BCUT2D eigenvalue weighted by atomic mass is 16.5. The molecule has 0 amide bonds. The molecule has 16 heavy (non-hydrogen) atoms. The Kier molecular flexibility index (Phi) is 7.76. The molecular weight excluding hydrogens is 204 g/mol. The Labute approximate surface area is 98.8 Å². The predicted octanol–water partition coefficient (Wildman–Crippen LogP) is 1.45. The van der Waals surface area contributed by atoms with E-state index in [1.165, 1.54) is 12.8 Å². The van der Waals surface area contributed by atoms with Crippen molar-refractivity contribution in [3.8, 4) is 0 Å². The standard InChI is InChI=1S/C12H26N2O2/c1-2-6-15-9-5-12(14-13)10-11-3-7-16-8-4-11/h11-12,14H,2-10,13H2,1H3. The summed E-state index contributed by atoms with van der Waals surface area (Å²) < 4.78 is 10.8. The minimum Gasteiger partial charge on any atom is -0.381 e. The average Bonchev–Trinajstić information content (AvgIpc) is 2.34. The monoisotopic (exact) mass is 230 g/mol. The molecule has 1 heterocycles. The van der Waals surface area contributed by atoms with E-state index < -0.39 is 0 Å². The Bertz CT molecular complexity index is 161. The summed E-state index contributed by atoms with van der Waals surface area (Å²) >= 11 is 0.